The van der Waals surface area contributed by atoms with Crippen LogP contribution in [0.4, 0.5) is 0 Å². The van der Waals surface area contributed by atoms with Crippen molar-refractivity contribution in [3.63, 3.8) is 0 Å². The molecule has 2 rings (SSSR count). The predicted octanol–water partition coefficient (Wildman–Crippen LogP) is 3.59. The largest absolute Gasteiger partial charge is 0.309 e. The average molecular weight is 340 g/mol. The van der Waals surface area contributed by atoms with Gasteiger partial charge in [-0.2, -0.15) is 5.10 Å². The Labute approximate surface area is 128 Å². The van der Waals surface area contributed by atoms with Gasteiger partial charge in [0.15, 0.2) is 0 Å². The van der Waals surface area contributed by atoms with Gasteiger partial charge in [-0.1, -0.05) is 7.43 Å². The van der Waals surface area contributed by atoms with Crippen LogP contribution in [0.2, 0.25) is 0 Å². The summed E-state index contributed by atoms with van der Waals surface area (Å²) in [5.41, 5.74) is 4.67. The highest BCUT2D eigenvalue weighted by Crippen LogP contribution is 2.29. The number of pyridine rings is 1. The zero-order valence-corrected chi connectivity index (χ0v) is 13.5. The van der Waals surface area contributed by atoms with Crippen LogP contribution >= 0.6 is 15.9 Å². The van der Waals surface area contributed by atoms with E-state index < -0.39 is 0 Å². The Hall–Kier alpha value is -1.36. The third-order valence-electron chi connectivity index (χ3n) is 3.42. The van der Waals surface area contributed by atoms with E-state index in [0.717, 1.165) is 39.2 Å². The summed E-state index contributed by atoms with van der Waals surface area (Å²) in [6.45, 7) is 8.71. The van der Waals surface area contributed by atoms with Crippen LogP contribution in [0.3, 0.4) is 0 Å². The van der Waals surface area contributed by atoms with Crippen LogP contribution in [0, 0.1) is 20.8 Å². The molecule has 0 aliphatic rings. The first-order chi connectivity index (χ1) is 8.88. The highest BCUT2D eigenvalue weighted by Gasteiger charge is 2.18. The van der Waals surface area contributed by atoms with Gasteiger partial charge in [0.25, 0.3) is 5.56 Å². The maximum atomic E-state index is 12.1. The summed E-state index contributed by atoms with van der Waals surface area (Å²) >= 11 is 3.55. The lowest BCUT2D eigenvalue weighted by Crippen LogP contribution is -2.22. The Balaban J connectivity index is 0.00000200. The quantitative estimate of drug-likeness (QED) is 0.838. The molecular weight excluding hydrogens is 318 g/mol. The lowest BCUT2D eigenvalue weighted by molar-refractivity contribution is 0.645. The van der Waals surface area contributed by atoms with E-state index in [-0.39, 0.29) is 13.0 Å². The van der Waals surface area contributed by atoms with Crippen molar-refractivity contribution in [1.29, 1.82) is 0 Å². The van der Waals surface area contributed by atoms with E-state index in [4.69, 9.17) is 0 Å². The summed E-state index contributed by atoms with van der Waals surface area (Å²) in [5, 5.41) is 4.60. The molecule has 0 radical (unpaired) electrons. The second-order valence-electron chi connectivity index (χ2n) is 4.80. The molecule has 0 saturated heterocycles. The maximum Gasteiger partial charge on any atom is 0.253 e. The first kappa shape index (κ1) is 16.7. The Morgan fingerprint density at radius 3 is 2.35 bits per heavy atom. The molecule has 0 aromatic carbocycles. The van der Waals surface area contributed by atoms with E-state index in [1.807, 2.05) is 38.4 Å². The Kier molecular flexibility index (Phi) is 4.97. The Morgan fingerprint density at radius 1 is 1.25 bits per heavy atom. The Bertz CT molecular complexity index is 698. The number of halogens is 1. The third-order valence-corrected chi connectivity index (χ3v) is 4.42. The van der Waals surface area contributed by atoms with Gasteiger partial charge >= 0.3 is 0 Å². The fraction of sp³-hybridized carbons (Fsp3) is 0.467. The van der Waals surface area contributed by atoms with Crippen LogP contribution in [0.5, 0.6) is 0 Å². The van der Waals surface area contributed by atoms with E-state index in [0.29, 0.717) is 0 Å². The summed E-state index contributed by atoms with van der Waals surface area (Å²) in [5.74, 6) is 0. The van der Waals surface area contributed by atoms with Crippen molar-refractivity contribution in [2.45, 2.75) is 41.7 Å². The highest BCUT2D eigenvalue weighted by atomic mass is 79.9. The molecule has 20 heavy (non-hydrogen) atoms. The molecule has 0 atom stereocenters. The normalized spacial score (nSPS) is 10.5. The summed E-state index contributed by atoms with van der Waals surface area (Å²) in [6.07, 6.45) is 0. The first-order valence-corrected chi connectivity index (χ1v) is 7.08. The van der Waals surface area contributed by atoms with Crippen molar-refractivity contribution in [3.8, 4) is 11.4 Å². The number of hydrogen-bond donors (Lipinski definition) is 0. The van der Waals surface area contributed by atoms with E-state index in [1.165, 1.54) is 0 Å². The SMILES string of the molecule is C.CCn1nc(-c2c(C)cc(C)c(=O)n2C)c(C)c1Br. The molecular formula is C15H22BrN3O. The van der Waals surface area contributed by atoms with Gasteiger partial charge in [-0.25, -0.2) is 0 Å². The molecule has 0 fully saturated rings. The molecule has 4 nitrogen and oxygen atoms in total. The zero-order valence-electron chi connectivity index (χ0n) is 11.9. The van der Waals surface area contributed by atoms with Crippen LogP contribution in [0.15, 0.2) is 15.5 Å². The summed E-state index contributed by atoms with van der Waals surface area (Å²) in [6, 6.07) is 1.93. The van der Waals surface area contributed by atoms with Gasteiger partial charge < -0.3 is 4.57 Å². The van der Waals surface area contributed by atoms with Crippen molar-refractivity contribution >= 4 is 15.9 Å². The standard InChI is InChI=1S/C14H18BrN3O.CH4/c1-6-18-13(15)10(4)11(16-18)12-8(2)7-9(3)14(19)17(12)5;/h7H,6H2,1-5H3;1H4. The van der Waals surface area contributed by atoms with Gasteiger partial charge in [-0.3, -0.25) is 9.48 Å². The van der Waals surface area contributed by atoms with Crippen molar-refractivity contribution in [2.24, 2.45) is 7.05 Å². The lowest BCUT2D eigenvalue weighted by Gasteiger charge is -2.11. The summed E-state index contributed by atoms with van der Waals surface area (Å²) in [4.78, 5) is 12.1. The summed E-state index contributed by atoms with van der Waals surface area (Å²) < 4.78 is 4.55. The van der Waals surface area contributed by atoms with Crippen LogP contribution in [0.25, 0.3) is 11.4 Å². The molecule has 0 aliphatic carbocycles. The minimum Gasteiger partial charge on any atom is -0.309 e. The number of rotatable bonds is 2. The zero-order chi connectivity index (χ0) is 14.3. The fourth-order valence-electron chi connectivity index (χ4n) is 2.40. The Morgan fingerprint density at radius 2 is 1.85 bits per heavy atom. The maximum absolute atomic E-state index is 12.1. The van der Waals surface area contributed by atoms with E-state index in [2.05, 4.69) is 21.0 Å². The number of aromatic nitrogens is 3. The van der Waals surface area contributed by atoms with Crippen LogP contribution < -0.4 is 5.56 Å². The number of hydrogen-bond acceptors (Lipinski definition) is 2. The minimum atomic E-state index is 0. The third kappa shape index (κ3) is 2.46. The van der Waals surface area contributed by atoms with Gasteiger partial charge in [0.05, 0.1) is 5.69 Å². The van der Waals surface area contributed by atoms with Crippen molar-refractivity contribution in [1.82, 2.24) is 14.3 Å². The molecule has 5 heteroatoms. The molecule has 0 aliphatic heterocycles. The number of aryl methyl sites for hydroxylation is 3. The van der Waals surface area contributed by atoms with Crippen LogP contribution in [-0.2, 0) is 13.6 Å². The molecule has 0 amide bonds. The molecule has 0 N–H and O–H groups in total. The fourth-order valence-corrected chi connectivity index (χ4v) is 2.91. The molecule has 0 spiro atoms. The van der Waals surface area contributed by atoms with Crippen LogP contribution in [0.1, 0.15) is 31.0 Å². The van der Waals surface area contributed by atoms with Gasteiger partial charge in [-0.15, -0.1) is 0 Å². The molecule has 2 aromatic heterocycles. The van der Waals surface area contributed by atoms with Crippen molar-refractivity contribution in [2.75, 3.05) is 0 Å². The molecule has 0 unspecified atom stereocenters. The van der Waals surface area contributed by atoms with E-state index in [9.17, 15) is 4.79 Å². The average Bonchev–Trinajstić information content (AvgIpc) is 2.64. The molecule has 110 valence electrons. The molecule has 0 saturated carbocycles. The summed E-state index contributed by atoms with van der Waals surface area (Å²) in [7, 11) is 1.80. The van der Waals surface area contributed by atoms with Gasteiger partial charge in [-0.05, 0) is 55.3 Å². The van der Waals surface area contributed by atoms with Gasteiger partial charge in [0.2, 0.25) is 0 Å². The second-order valence-corrected chi connectivity index (χ2v) is 5.55. The smallest absolute Gasteiger partial charge is 0.253 e. The highest BCUT2D eigenvalue weighted by molar-refractivity contribution is 9.10. The first-order valence-electron chi connectivity index (χ1n) is 6.29. The van der Waals surface area contributed by atoms with Crippen LogP contribution in [-0.4, -0.2) is 14.3 Å². The molecule has 2 aromatic rings. The topological polar surface area (TPSA) is 39.8 Å². The van der Waals surface area contributed by atoms with Crippen molar-refractivity contribution in [3.05, 3.63) is 37.7 Å². The van der Waals surface area contributed by atoms with E-state index in [1.54, 1.807) is 11.6 Å². The monoisotopic (exact) mass is 339 g/mol. The van der Waals surface area contributed by atoms with Gasteiger partial charge in [0, 0.05) is 24.7 Å². The van der Waals surface area contributed by atoms with E-state index >= 15 is 0 Å². The molecule has 2 heterocycles. The van der Waals surface area contributed by atoms with Crippen molar-refractivity contribution < 1.29 is 0 Å². The molecule has 0 bridgehead atoms. The predicted molar refractivity (Wildman–Crippen MR) is 87.2 cm³/mol. The lowest BCUT2D eigenvalue weighted by atomic mass is 10.1. The number of nitrogens with zero attached hydrogens (tertiary/aromatic N) is 3. The minimum absolute atomic E-state index is 0. The second kappa shape index (κ2) is 5.95. The van der Waals surface area contributed by atoms with Gasteiger partial charge in [0.1, 0.15) is 10.3 Å².